The third-order valence-corrected chi connectivity index (χ3v) is 10.9. The van der Waals surface area contributed by atoms with E-state index in [0.717, 1.165) is 44.3 Å². The van der Waals surface area contributed by atoms with Gasteiger partial charge < -0.3 is 9.32 Å². The van der Waals surface area contributed by atoms with Crippen LogP contribution in [0.5, 0.6) is 0 Å². The van der Waals surface area contributed by atoms with Gasteiger partial charge in [0.25, 0.3) is 0 Å². The molecule has 2 aromatic heterocycles. The highest BCUT2D eigenvalue weighted by molar-refractivity contribution is 6.14. The Bertz CT molecular complexity index is 3210. The molecule has 0 unspecified atom stereocenters. The molecule has 11 rings (SSSR count). The molecular weight excluding hydrogens is 657 g/mol. The van der Waals surface area contributed by atoms with E-state index in [4.69, 9.17) is 9.40 Å². The van der Waals surface area contributed by atoms with Crippen LogP contribution in [0.25, 0.3) is 87.5 Å². The van der Waals surface area contributed by atoms with Gasteiger partial charge in [-0.2, -0.15) is 0 Å². The summed E-state index contributed by atoms with van der Waals surface area (Å²) in [5, 5.41) is 10.6. The van der Waals surface area contributed by atoms with Crippen LogP contribution in [0.3, 0.4) is 0 Å². The van der Waals surface area contributed by atoms with Crippen molar-refractivity contribution in [1.82, 2.24) is 4.98 Å². The van der Waals surface area contributed by atoms with Crippen molar-refractivity contribution in [2.75, 3.05) is 4.90 Å². The molecule has 0 atom stereocenters. The van der Waals surface area contributed by atoms with Crippen LogP contribution < -0.4 is 4.90 Å². The maximum absolute atomic E-state index is 6.20. The predicted octanol–water partition coefficient (Wildman–Crippen LogP) is 14.4. The van der Waals surface area contributed by atoms with Crippen LogP contribution in [0.1, 0.15) is 0 Å². The highest BCUT2D eigenvalue weighted by Crippen LogP contribution is 2.43. The van der Waals surface area contributed by atoms with Gasteiger partial charge in [-0.3, -0.25) is 0 Å². The number of benzene rings is 9. The van der Waals surface area contributed by atoms with Gasteiger partial charge in [0, 0.05) is 27.5 Å². The van der Waals surface area contributed by atoms with Gasteiger partial charge in [0.15, 0.2) is 0 Å². The summed E-state index contributed by atoms with van der Waals surface area (Å²) in [4.78, 5) is 7.40. The molecule has 9 aromatic carbocycles. The second-order valence-corrected chi connectivity index (χ2v) is 13.9. The van der Waals surface area contributed by atoms with Crippen LogP contribution in [0.4, 0.5) is 17.1 Å². The van der Waals surface area contributed by atoms with Gasteiger partial charge in [0.05, 0.1) is 11.2 Å². The lowest BCUT2D eigenvalue weighted by atomic mass is 9.93. The second kappa shape index (κ2) is 12.2. The van der Waals surface area contributed by atoms with Gasteiger partial charge in [0.2, 0.25) is 5.71 Å². The molecule has 0 saturated heterocycles. The van der Waals surface area contributed by atoms with Gasteiger partial charge in [-0.25, -0.2) is 4.98 Å². The van der Waals surface area contributed by atoms with Crippen molar-refractivity contribution in [3.05, 3.63) is 194 Å². The van der Waals surface area contributed by atoms with Crippen molar-refractivity contribution in [1.29, 1.82) is 0 Å². The first-order chi connectivity index (χ1) is 26.8. The molecule has 0 fully saturated rings. The first-order valence-corrected chi connectivity index (χ1v) is 18.4. The minimum atomic E-state index is 0.652. The molecule has 0 aliphatic heterocycles. The minimum Gasteiger partial charge on any atom is -0.438 e. The molecule has 2 heterocycles. The number of hydrogen-bond donors (Lipinski definition) is 0. The Morgan fingerprint density at radius 3 is 1.74 bits per heavy atom. The molecule has 3 heteroatoms. The average Bonchev–Trinajstić information content (AvgIpc) is 3.60. The van der Waals surface area contributed by atoms with Gasteiger partial charge in [-0.15, -0.1) is 0 Å². The summed E-state index contributed by atoms with van der Waals surface area (Å²) in [5.41, 5.74) is 10.4. The predicted molar refractivity (Wildman–Crippen MR) is 227 cm³/mol. The Labute approximate surface area is 312 Å². The molecule has 11 aromatic rings. The molecule has 252 valence electrons. The maximum Gasteiger partial charge on any atom is 0.227 e. The lowest BCUT2D eigenvalue weighted by molar-refractivity contribution is 0.656. The number of furan rings is 1. The SMILES string of the molecule is c1ccc2c(-c3ccc(N(c4ccc(-c5cc6ccccc6c6ccccc56)cc4)c4cccc5nc6oc7ccccc7c6cc45)cc3)cccc2c1. The van der Waals surface area contributed by atoms with Gasteiger partial charge in [0.1, 0.15) is 5.58 Å². The van der Waals surface area contributed by atoms with Crippen molar-refractivity contribution in [2.24, 2.45) is 0 Å². The zero-order valence-corrected chi connectivity index (χ0v) is 29.3. The number of hydrogen-bond acceptors (Lipinski definition) is 3. The number of pyridine rings is 1. The second-order valence-electron chi connectivity index (χ2n) is 13.9. The summed E-state index contributed by atoms with van der Waals surface area (Å²) in [6.07, 6.45) is 0. The standard InChI is InChI=1S/C51H32N2O/c1-3-14-39-33(11-1)13-9-19-40(39)34-23-27-37(28-24-34)53(49-21-10-20-48-47(49)32-46-44-18-7-8-22-50(44)54-51(46)52-48)38-29-25-35(26-30-38)45-31-36-12-2-4-15-41(36)42-16-5-6-17-43(42)45/h1-32H. The number of nitrogens with zero attached hydrogens (tertiary/aromatic N) is 2. The summed E-state index contributed by atoms with van der Waals surface area (Å²) in [6.45, 7) is 0. The molecule has 0 saturated carbocycles. The Kier molecular flexibility index (Phi) is 6.86. The van der Waals surface area contributed by atoms with Crippen LogP contribution in [0.2, 0.25) is 0 Å². The van der Waals surface area contributed by atoms with Crippen molar-refractivity contribution in [3.63, 3.8) is 0 Å². The summed E-state index contributed by atoms with van der Waals surface area (Å²) in [6, 6.07) is 69.6. The van der Waals surface area contributed by atoms with Gasteiger partial charge >= 0.3 is 0 Å². The smallest absolute Gasteiger partial charge is 0.227 e. The van der Waals surface area contributed by atoms with Crippen molar-refractivity contribution < 1.29 is 4.42 Å². The number of rotatable bonds is 5. The molecule has 0 spiro atoms. The molecule has 0 amide bonds. The fourth-order valence-electron chi connectivity index (χ4n) is 8.29. The summed E-state index contributed by atoms with van der Waals surface area (Å²) >= 11 is 0. The first-order valence-electron chi connectivity index (χ1n) is 18.4. The highest BCUT2D eigenvalue weighted by atomic mass is 16.3. The van der Waals surface area contributed by atoms with E-state index in [1.807, 2.05) is 12.1 Å². The summed E-state index contributed by atoms with van der Waals surface area (Å²) in [5.74, 6) is 0. The third kappa shape index (κ3) is 4.87. The van der Waals surface area contributed by atoms with E-state index in [0.29, 0.717) is 5.71 Å². The van der Waals surface area contributed by atoms with E-state index < -0.39 is 0 Å². The Balaban J connectivity index is 1.09. The molecule has 0 aliphatic carbocycles. The Morgan fingerprint density at radius 1 is 0.370 bits per heavy atom. The fourth-order valence-corrected chi connectivity index (χ4v) is 8.29. The van der Waals surface area contributed by atoms with E-state index >= 15 is 0 Å². The molecule has 0 N–H and O–H groups in total. The van der Waals surface area contributed by atoms with Crippen molar-refractivity contribution >= 4 is 82.4 Å². The number of fused-ring (bicyclic) bond motifs is 8. The van der Waals surface area contributed by atoms with Crippen molar-refractivity contribution in [2.45, 2.75) is 0 Å². The average molecular weight is 689 g/mol. The van der Waals surface area contributed by atoms with Crippen LogP contribution in [0.15, 0.2) is 199 Å². The maximum atomic E-state index is 6.20. The van der Waals surface area contributed by atoms with E-state index in [2.05, 4.69) is 187 Å². The lowest BCUT2D eigenvalue weighted by Gasteiger charge is -2.27. The fraction of sp³-hybridized carbons (Fsp3) is 0. The largest absolute Gasteiger partial charge is 0.438 e. The number of aromatic nitrogens is 1. The third-order valence-electron chi connectivity index (χ3n) is 10.9. The molecule has 0 bridgehead atoms. The lowest BCUT2D eigenvalue weighted by Crippen LogP contribution is -2.10. The molecule has 0 aliphatic rings. The van der Waals surface area contributed by atoms with Crippen LogP contribution in [0, 0.1) is 0 Å². The molecular formula is C51H32N2O. The molecule has 0 radical (unpaired) electrons. The van der Waals surface area contributed by atoms with E-state index in [1.165, 1.54) is 54.6 Å². The van der Waals surface area contributed by atoms with Gasteiger partial charge in [-0.05, 0) is 109 Å². The monoisotopic (exact) mass is 688 g/mol. The first kappa shape index (κ1) is 30.4. The highest BCUT2D eigenvalue weighted by Gasteiger charge is 2.19. The topological polar surface area (TPSA) is 29.3 Å². The summed E-state index contributed by atoms with van der Waals surface area (Å²) in [7, 11) is 0. The Morgan fingerprint density at radius 2 is 0.963 bits per heavy atom. The van der Waals surface area contributed by atoms with Crippen LogP contribution >= 0.6 is 0 Å². The van der Waals surface area contributed by atoms with Crippen LogP contribution in [-0.2, 0) is 0 Å². The molecule has 54 heavy (non-hydrogen) atoms. The quantitative estimate of drug-likeness (QED) is 0.169. The molecule has 3 nitrogen and oxygen atoms in total. The van der Waals surface area contributed by atoms with Gasteiger partial charge in [-0.1, -0.05) is 140 Å². The van der Waals surface area contributed by atoms with E-state index in [9.17, 15) is 0 Å². The minimum absolute atomic E-state index is 0.652. The van der Waals surface area contributed by atoms with E-state index in [1.54, 1.807) is 0 Å². The number of para-hydroxylation sites is 1. The number of anilines is 3. The van der Waals surface area contributed by atoms with E-state index in [-0.39, 0.29) is 0 Å². The summed E-state index contributed by atoms with van der Waals surface area (Å²) < 4.78 is 6.20. The zero-order valence-electron chi connectivity index (χ0n) is 29.3. The van der Waals surface area contributed by atoms with Crippen LogP contribution in [-0.4, -0.2) is 4.98 Å². The zero-order chi connectivity index (χ0) is 35.6. The normalized spacial score (nSPS) is 11.7. The Hall–Kier alpha value is -7.23. The van der Waals surface area contributed by atoms with Crippen molar-refractivity contribution in [3.8, 4) is 22.3 Å².